The van der Waals surface area contributed by atoms with E-state index in [0.717, 1.165) is 16.0 Å². The number of nitro groups is 1. The third-order valence-electron chi connectivity index (χ3n) is 2.28. The first-order valence-corrected chi connectivity index (χ1v) is 5.97. The molecule has 0 saturated carbocycles. The SMILES string of the molecule is Cc1ncc(CNc2ccc(F)cc2[N+](=O)[O-])s1. The fourth-order valence-corrected chi connectivity index (χ4v) is 2.21. The van der Waals surface area contributed by atoms with Gasteiger partial charge in [-0.05, 0) is 19.1 Å². The van der Waals surface area contributed by atoms with Crippen molar-refractivity contribution in [1.82, 2.24) is 4.98 Å². The highest BCUT2D eigenvalue weighted by molar-refractivity contribution is 7.11. The fraction of sp³-hybridized carbons (Fsp3) is 0.182. The normalized spacial score (nSPS) is 10.3. The van der Waals surface area contributed by atoms with Crippen molar-refractivity contribution in [2.45, 2.75) is 13.5 Å². The van der Waals surface area contributed by atoms with Gasteiger partial charge in [-0.3, -0.25) is 10.1 Å². The van der Waals surface area contributed by atoms with Crippen LogP contribution in [-0.2, 0) is 6.54 Å². The van der Waals surface area contributed by atoms with Gasteiger partial charge < -0.3 is 5.32 Å². The molecule has 0 saturated heterocycles. The number of aryl methyl sites for hydroxylation is 1. The van der Waals surface area contributed by atoms with E-state index in [9.17, 15) is 14.5 Å². The smallest absolute Gasteiger partial charge is 0.295 e. The summed E-state index contributed by atoms with van der Waals surface area (Å²) in [6, 6.07) is 3.45. The zero-order chi connectivity index (χ0) is 13.1. The van der Waals surface area contributed by atoms with Crippen molar-refractivity contribution in [3.63, 3.8) is 0 Å². The van der Waals surface area contributed by atoms with Crippen LogP contribution in [0.25, 0.3) is 0 Å². The van der Waals surface area contributed by atoms with Gasteiger partial charge in [-0.15, -0.1) is 11.3 Å². The Labute approximate surface area is 106 Å². The van der Waals surface area contributed by atoms with Crippen LogP contribution in [0.2, 0.25) is 0 Å². The molecule has 18 heavy (non-hydrogen) atoms. The summed E-state index contributed by atoms with van der Waals surface area (Å²) < 4.78 is 12.9. The minimum Gasteiger partial charge on any atom is -0.375 e. The van der Waals surface area contributed by atoms with Crippen molar-refractivity contribution in [2.75, 3.05) is 5.32 Å². The van der Waals surface area contributed by atoms with Crippen LogP contribution < -0.4 is 5.32 Å². The highest BCUT2D eigenvalue weighted by Gasteiger charge is 2.14. The lowest BCUT2D eigenvalue weighted by Crippen LogP contribution is -2.01. The summed E-state index contributed by atoms with van der Waals surface area (Å²) in [6.07, 6.45) is 1.71. The largest absolute Gasteiger partial charge is 0.375 e. The minimum absolute atomic E-state index is 0.267. The Morgan fingerprint density at radius 3 is 2.94 bits per heavy atom. The fourth-order valence-electron chi connectivity index (χ4n) is 1.47. The average molecular weight is 267 g/mol. The van der Waals surface area contributed by atoms with E-state index in [1.165, 1.54) is 23.5 Å². The molecule has 1 aromatic carbocycles. The third-order valence-corrected chi connectivity index (χ3v) is 3.19. The summed E-state index contributed by atoms with van der Waals surface area (Å²) >= 11 is 1.51. The highest BCUT2D eigenvalue weighted by Crippen LogP contribution is 2.26. The van der Waals surface area contributed by atoms with E-state index in [2.05, 4.69) is 10.3 Å². The number of thiazole rings is 1. The van der Waals surface area contributed by atoms with Gasteiger partial charge in [0.05, 0.1) is 22.5 Å². The minimum atomic E-state index is -0.624. The van der Waals surface area contributed by atoms with Crippen LogP contribution in [0, 0.1) is 22.9 Å². The topological polar surface area (TPSA) is 68.1 Å². The molecule has 2 rings (SSSR count). The lowest BCUT2D eigenvalue weighted by molar-refractivity contribution is -0.384. The number of anilines is 1. The Morgan fingerprint density at radius 2 is 2.33 bits per heavy atom. The molecule has 0 aliphatic heterocycles. The summed E-state index contributed by atoms with van der Waals surface area (Å²) in [5.41, 5.74) is 0.0312. The molecule has 0 radical (unpaired) electrons. The Kier molecular flexibility index (Phi) is 3.52. The number of nitro benzene ring substituents is 1. The quantitative estimate of drug-likeness (QED) is 0.682. The molecule has 94 valence electrons. The zero-order valence-electron chi connectivity index (χ0n) is 9.51. The first-order valence-electron chi connectivity index (χ1n) is 5.15. The second-order valence-corrected chi connectivity index (χ2v) is 4.94. The summed E-state index contributed by atoms with van der Waals surface area (Å²) in [5, 5.41) is 14.6. The van der Waals surface area contributed by atoms with Crippen molar-refractivity contribution in [1.29, 1.82) is 0 Å². The molecule has 0 fully saturated rings. The number of benzene rings is 1. The van der Waals surface area contributed by atoms with Gasteiger partial charge in [0.25, 0.3) is 5.69 Å². The van der Waals surface area contributed by atoms with E-state index in [1.54, 1.807) is 6.20 Å². The average Bonchev–Trinajstić information content (AvgIpc) is 2.73. The summed E-state index contributed by atoms with van der Waals surface area (Å²) in [6.45, 7) is 2.31. The van der Waals surface area contributed by atoms with Gasteiger partial charge in [-0.1, -0.05) is 0 Å². The molecule has 1 N–H and O–H groups in total. The van der Waals surface area contributed by atoms with Gasteiger partial charge >= 0.3 is 0 Å². The monoisotopic (exact) mass is 267 g/mol. The van der Waals surface area contributed by atoms with Crippen molar-refractivity contribution < 1.29 is 9.31 Å². The summed E-state index contributed by atoms with van der Waals surface area (Å²) in [4.78, 5) is 15.2. The van der Waals surface area contributed by atoms with Crippen LogP contribution in [0.4, 0.5) is 15.8 Å². The van der Waals surface area contributed by atoms with E-state index in [4.69, 9.17) is 0 Å². The predicted molar refractivity (Wildman–Crippen MR) is 67.2 cm³/mol. The Morgan fingerprint density at radius 1 is 1.56 bits per heavy atom. The Hall–Kier alpha value is -2.02. The number of hydrogen-bond acceptors (Lipinski definition) is 5. The van der Waals surface area contributed by atoms with E-state index in [1.807, 2.05) is 6.92 Å². The predicted octanol–water partition coefficient (Wildman–Crippen LogP) is 3.11. The van der Waals surface area contributed by atoms with Crippen molar-refractivity contribution >= 4 is 22.7 Å². The van der Waals surface area contributed by atoms with Crippen LogP contribution in [0.15, 0.2) is 24.4 Å². The molecule has 0 bridgehead atoms. The lowest BCUT2D eigenvalue weighted by atomic mass is 10.2. The Balaban J connectivity index is 2.16. The number of halogens is 1. The number of rotatable bonds is 4. The molecule has 0 aliphatic carbocycles. The number of nitrogens with zero attached hydrogens (tertiary/aromatic N) is 2. The van der Waals surface area contributed by atoms with E-state index >= 15 is 0 Å². The molecule has 0 unspecified atom stereocenters. The van der Waals surface area contributed by atoms with E-state index < -0.39 is 10.7 Å². The van der Waals surface area contributed by atoms with E-state index in [-0.39, 0.29) is 5.69 Å². The third kappa shape index (κ3) is 2.80. The molecule has 1 heterocycles. The molecule has 0 aliphatic rings. The van der Waals surface area contributed by atoms with Gasteiger partial charge in [0, 0.05) is 11.1 Å². The van der Waals surface area contributed by atoms with E-state index in [0.29, 0.717) is 12.2 Å². The number of nitrogens with one attached hydrogen (secondary N) is 1. The second kappa shape index (κ2) is 5.09. The molecule has 0 amide bonds. The molecule has 5 nitrogen and oxygen atoms in total. The van der Waals surface area contributed by atoms with Gasteiger partial charge in [0.2, 0.25) is 0 Å². The highest BCUT2D eigenvalue weighted by atomic mass is 32.1. The summed E-state index contributed by atoms with van der Waals surface area (Å²) in [5.74, 6) is -0.624. The van der Waals surface area contributed by atoms with Crippen molar-refractivity contribution in [2.24, 2.45) is 0 Å². The molecule has 0 spiro atoms. The molecule has 0 atom stereocenters. The van der Waals surface area contributed by atoms with Crippen LogP contribution in [-0.4, -0.2) is 9.91 Å². The first kappa shape index (κ1) is 12.4. The standard InChI is InChI=1S/C11H10FN3O2S/c1-7-13-5-9(18-7)6-14-10-3-2-8(12)4-11(10)15(16)17/h2-5,14H,6H2,1H3. The van der Waals surface area contributed by atoms with Gasteiger partial charge in [0.1, 0.15) is 11.5 Å². The van der Waals surface area contributed by atoms with Crippen molar-refractivity contribution in [3.05, 3.63) is 50.2 Å². The molecule has 2 aromatic rings. The maximum Gasteiger partial charge on any atom is 0.295 e. The van der Waals surface area contributed by atoms with Gasteiger partial charge in [0.15, 0.2) is 0 Å². The summed E-state index contributed by atoms with van der Waals surface area (Å²) in [7, 11) is 0. The molecular weight excluding hydrogens is 257 g/mol. The molecular formula is C11H10FN3O2S. The second-order valence-electron chi connectivity index (χ2n) is 3.62. The number of aromatic nitrogens is 1. The zero-order valence-corrected chi connectivity index (χ0v) is 10.3. The lowest BCUT2D eigenvalue weighted by Gasteiger charge is -2.05. The van der Waals surface area contributed by atoms with Crippen LogP contribution >= 0.6 is 11.3 Å². The van der Waals surface area contributed by atoms with Crippen LogP contribution in [0.5, 0.6) is 0 Å². The van der Waals surface area contributed by atoms with Crippen LogP contribution in [0.3, 0.4) is 0 Å². The maximum absolute atomic E-state index is 12.9. The maximum atomic E-state index is 12.9. The number of hydrogen-bond donors (Lipinski definition) is 1. The van der Waals surface area contributed by atoms with Crippen LogP contribution in [0.1, 0.15) is 9.88 Å². The van der Waals surface area contributed by atoms with Gasteiger partial charge in [-0.25, -0.2) is 9.37 Å². The first-order chi connectivity index (χ1) is 8.56. The Bertz CT molecular complexity index is 585. The van der Waals surface area contributed by atoms with Gasteiger partial charge in [-0.2, -0.15) is 0 Å². The van der Waals surface area contributed by atoms with Crippen molar-refractivity contribution in [3.8, 4) is 0 Å². The molecule has 7 heteroatoms. The molecule has 1 aromatic heterocycles.